The molecule has 0 aromatic heterocycles. The summed E-state index contributed by atoms with van der Waals surface area (Å²) in [5, 5.41) is 11.3. The second-order valence-corrected chi connectivity index (χ2v) is 10.4. The van der Waals surface area contributed by atoms with Crippen LogP contribution in [0.25, 0.3) is 10.8 Å². The summed E-state index contributed by atoms with van der Waals surface area (Å²) in [7, 11) is 0. The third kappa shape index (κ3) is 4.29. The van der Waals surface area contributed by atoms with Crippen molar-refractivity contribution in [3.8, 4) is 0 Å². The first-order chi connectivity index (χ1) is 18.5. The van der Waals surface area contributed by atoms with Gasteiger partial charge in [0.1, 0.15) is 11.6 Å². The van der Waals surface area contributed by atoms with Crippen molar-refractivity contribution in [3.63, 3.8) is 0 Å². The Hall–Kier alpha value is -3.23. The fraction of sp³-hybridized carbons (Fsp3) is 0.500. The van der Waals surface area contributed by atoms with Crippen LogP contribution in [0.2, 0.25) is 0 Å². The standard InChI is InChI=1S/C30H36N2O6/c1-3-16-31(22-13-12-20-10-6-7-11-21(20)19-22)28(35)26-30-15-14-23(38-30)24(29(36)37-4-2)25(30)27(34)32(26)17-8-5-9-18-33/h3,6-7,10-13,19,23-26,33H,1,4-5,8-9,14-18H2,2H3/t23-,24+,25+,26?,30?/m1/s1. The van der Waals surface area contributed by atoms with Crippen molar-refractivity contribution in [3.05, 3.63) is 55.1 Å². The number of unbranched alkanes of at least 4 members (excludes halogenated alkanes) is 2. The van der Waals surface area contributed by atoms with Gasteiger partial charge in [0.05, 0.1) is 24.5 Å². The minimum absolute atomic E-state index is 0.0771. The zero-order valence-corrected chi connectivity index (χ0v) is 21.9. The van der Waals surface area contributed by atoms with E-state index >= 15 is 0 Å². The van der Waals surface area contributed by atoms with Gasteiger partial charge in [-0.3, -0.25) is 14.4 Å². The molecule has 0 aliphatic carbocycles. The van der Waals surface area contributed by atoms with Crippen LogP contribution in [0, 0.1) is 11.8 Å². The number of carbonyl (C=O) groups excluding carboxylic acids is 3. The summed E-state index contributed by atoms with van der Waals surface area (Å²) in [4.78, 5) is 44.7. The van der Waals surface area contributed by atoms with E-state index in [-0.39, 0.29) is 31.6 Å². The molecular formula is C30H36N2O6. The van der Waals surface area contributed by atoms with Crippen molar-refractivity contribution in [2.75, 3.05) is 31.2 Å². The molecule has 3 aliphatic rings. The van der Waals surface area contributed by atoms with Crippen molar-refractivity contribution in [1.82, 2.24) is 4.90 Å². The fourth-order valence-electron chi connectivity index (χ4n) is 6.69. The Morgan fingerprint density at radius 1 is 1.21 bits per heavy atom. The molecule has 3 saturated heterocycles. The Morgan fingerprint density at radius 3 is 2.74 bits per heavy atom. The van der Waals surface area contributed by atoms with E-state index in [1.165, 1.54) is 0 Å². The van der Waals surface area contributed by atoms with Gasteiger partial charge in [-0.05, 0) is 61.9 Å². The Labute approximate surface area is 223 Å². The zero-order chi connectivity index (χ0) is 26.9. The number of benzene rings is 2. The van der Waals surface area contributed by atoms with Gasteiger partial charge in [0.25, 0.3) is 5.91 Å². The predicted octanol–water partition coefficient (Wildman–Crippen LogP) is 3.46. The van der Waals surface area contributed by atoms with E-state index in [2.05, 4.69) is 6.58 Å². The summed E-state index contributed by atoms with van der Waals surface area (Å²) >= 11 is 0. The number of rotatable bonds is 11. The maximum atomic E-state index is 14.5. The van der Waals surface area contributed by atoms with Gasteiger partial charge < -0.3 is 24.4 Å². The molecule has 5 atom stereocenters. The molecule has 3 heterocycles. The van der Waals surface area contributed by atoms with Gasteiger partial charge >= 0.3 is 5.97 Å². The lowest BCUT2D eigenvalue weighted by atomic mass is 9.70. The Morgan fingerprint density at radius 2 is 2.00 bits per heavy atom. The van der Waals surface area contributed by atoms with E-state index in [0.29, 0.717) is 32.2 Å². The van der Waals surface area contributed by atoms with Crippen molar-refractivity contribution in [1.29, 1.82) is 0 Å². The monoisotopic (exact) mass is 520 g/mol. The van der Waals surface area contributed by atoms with Gasteiger partial charge in [-0.1, -0.05) is 36.4 Å². The van der Waals surface area contributed by atoms with E-state index < -0.39 is 35.6 Å². The molecule has 0 saturated carbocycles. The molecule has 2 unspecified atom stereocenters. The Kier molecular flexibility index (Phi) is 7.54. The molecule has 5 rings (SSSR count). The number of amides is 2. The van der Waals surface area contributed by atoms with Crippen LogP contribution in [0.5, 0.6) is 0 Å². The number of likely N-dealkylation sites (tertiary alicyclic amines) is 1. The van der Waals surface area contributed by atoms with Gasteiger partial charge in [-0.25, -0.2) is 0 Å². The smallest absolute Gasteiger partial charge is 0.312 e. The van der Waals surface area contributed by atoms with E-state index in [9.17, 15) is 19.5 Å². The number of carbonyl (C=O) groups is 3. The number of aliphatic hydroxyl groups excluding tert-OH is 1. The van der Waals surface area contributed by atoms with Crippen LogP contribution >= 0.6 is 0 Å². The first-order valence-electron chi connectivity index (χ1n) is 13.6. The summed E-state index contributed by atoms with van der Waals surface area (Å²) in [6.07, 6.45) is 4.38. The van der Waals surface area contributed by atoms with Gasteiger partial charge in [0.15, 0.2) is 0 Å². The van der Waals surface area contributed by atoms with Crippen LogP contribution in [-0.2, 0) is 23.9 Å². The molecule has 2 bridgehead atoms. The number of aliphatic hydroxyl groups is 1. The van der Waals surface area contributed by atoms with Gasteiger partial charge in [0.2, 0.25) is 5.91 Å². The molecule has 0 radical (unpaired) electrons. The SMILES string of the molecule is C=CCN(C(=O)C1N(CCCCCO)C(=O)[C@@H]2[C@@H](C(=O)OCC)[C@H]3CCC12O3)c1ccc2ccccc2c1. The number of hydrogen-bond acceptors (Lipinski definition) is 6. The van der Waals surface area contributed by atoms with Crippen LogP contribution in [0.15, 0.2) is 55.1 Å². The second kappa shape index (κ2) is 10.9. The lowest BCUT2D eigenvalue weighted by Gasteiger charge is -2.37. The minimum Gasteiger partial charge on any atom is -0.466 e. The highest BCUT2D eigenvalue weighted by Crippen LogP contribution is 2.59. The van der Waals surface area contributed by atoms with Gasteiger partial charge in [-0.15, -0.1) is 6.58 Å². The van der Waals surface area contributed by atoms with E-state index in [4.69, 9.17) is 9.47 Å². The molecule has 202 valence electrons. The van der Waals surface area contributed by atoms with Gasteiger partial charge in [-0.2, -0.15) is 0 Å². The third-order valence-corrected chi connectivity index (χ3v) is 8.27. The number of fused-ring (bicyclic) bond motifs is 2. The number of hydrogen-bond donors (Lipinski definition) is 1. The molecule has 1 spiro atoms. The molecule has 8 heteroatoms. The van der Waals surface area contributed by atoms with Crippen LogP contribution < -0.4 is 4.90 Å². The zero-order valence-electron chi connectivity index (χ0n) is 21.9. The molecule has 2 aromatic rings. The maximum Gasteiger partial charge on any atom is 0.312 e. The average Bonchev–Trinajstić information content (AvgIpc) is 3.57. The van der Waals surface area contributed by atoms with Crippen LogP contribution in [0.1, 0.15) is 39.0 Å². The van der Waals surface area contributed by atoms with Crippen molar-refractivity contribution in [2.24, 2.45) is 11.8 Å². The molecule has 8 nitrogen and oxygen atoms in total. The van der Waals surface area contributed by atoms with E-state index in [1.54, 1.807) is 22.8 Å². The lowest BCUT2D eigenvalue weighted by molar-refractivity contribution is -0.154. The number of esters is 1. The topological polar surface area (TPSA) is 96.4 Å². The van der Waals surface area contributed by atoms with Crippen molar-refractivity contribution < 1.29 is 29.0 Å². The van der Waals surface area contributed by atoms with Gasteiger partial charge in [0, 0.05) is 25.4 Å². The predicted molar refractivity (Wildman–Crippen MR) is 143 cm³/mol. The third-order valence-electron chi connectivity index (χ3n) is 8.27. The summed E-state index contributed by atoms with van der Waals surface area (Å²) in [6, 6.07) is 13.0. The first kappa shape index (κ1) is 26.4. The second-order valence-electron chi connectivity index (χ2n) is 10.4. The number of anilines is 1. The highest BCUT2D eigenvalue weighted by molar-refractivity contribution is 6.05. The Balaban J connectivity index is 1.53. The molecule has 2 aromatic carbocycles. The first-order valence-corrected chi connectivity index (χ1v) is 13.6. The molecule has 3 aliphatic heterocycles. The highest BCUT2D eigenvalue weighted by atomic mass is 16.6. The van der Waals surface area contributed by atoms with Crippen molar-refractivity contribution in [2.45, 2.75) is 56.8 Å². The summed E-state index contributed by atoms with van der Waals surface area (Å²) in [5.74, 6) is -2.33. The summed E-state index contributed by atoms with van der Waals surface area (Å²) < 4.78 is 11.8. The Bertz CT molecular complexity index is 1230. The number of nitrogens with zero attached hydrogens (tertiary/aromatic N) is 2. The normalized spacial score (nSPS) is 27.5. The highest BCUT2D eigenvalue weighted by Gasteiger charge is 2.75. The average molecular weight is 521 g/mol. The van der Waals surface area contributed by atoms with E-state index in [0.717, 1.165) is 22.9 Å². The molecular weight excluding hydrogens is 484 g/mol. The molecule has 2 amide bonds. The quantitative estimate of drug-likeness (QED) is 0.277. The van der Waals surface area contributed by atoms with Crippen LogP contribution in [0.4, 0.5) is 5.69 Å². The minimum atomic E-state index is -1.07. The van der Waals surface area contributed by atoms with Crippen LogP contribution in [0.3, 0.4) is 0 Å². The molecule has 38 heavy (non-hydrogen) atoms. The fourth-order valence-corrected chi connectivity index (χ4v) is 6.69. The molecule has 1 N–H and O–H groups in total. The molecule has 3 fully saturated rings. The largest absolute Gasteiger partial charge is 0.466 e. The number of ether oxygens (including phenoxy) is 2. The van der Waals surface area contributed by atoms with Crippen LogP contribution in [-0.4, -0.2) is 71.8 Å². The summed E-state index contributed by atoms with van der Waals surface area (Å²) in [6.45, 7) is 6.55. The van der Waals surface area contributed by atoms with Crippen molar-refractivity contribution >= 4 is 34.2 Å². The summed E-state index contributed by atoms with van der Waals surface area (Å²) in [5.41, 5.74) is -0.348. The lowest BCUT2D eigenvalue weighted by Crippen LogP contribution is -2.56. The maximum absolute atomic E-state index is 14.5. The van der Waals surface area contributed by atoms with E-state index in [1.807, 2.05) is 42.5 Å².